The van der Waals surface area contributed by atoms with Crippen LogP contribution in [0.3, 0.4) is 0 Å². The van der Waals surface area contributed by atoms with Crippen molar-refractivity contribution in [2.24, 2.45) is 0 Å². The van der Waals surface area contributed by atoms with Gasteiger partial charge in [0.05, 0.1) is 0 Å². The fourth-order valence-electron chi connectivity index (χ4n) is 2.78. The van der Waals surface area contributed by atoms with Gasteiger partial charge in [0.1, 0.15) is 6.04 Å². The van der Waals surface area contributed by atoms with Crippen LogP contribution in [0.4, 0.5) is 8.78 Å². The molecule has 6 heteroatoms. The summed E-state index contributed by atoms with van der Waals surface area (Å²) in [7, 11) is 0. The number of amides is 2. The lowest BCUT2D eigenvalue weighted by atomic mass is 9.97. The summed E-state index contributed by atoms with van der Waals surface area (Å²) in [6.45, 7) is 6.63. The Balaban J connectivity index is 2.22. The lowest BCUT2D eigenvalue weighted by Gasteiger charge is -2.38. The van der Waals surface area contributed by atoms with Crippen molar-refractivity contribution in [3.05, 3.63) is 47.5 Å². The zero-order chi connectivity index (χ0) is 17.2. The van der Waals surface area contributed by atoms with Gasteiger partial charge >= 0.3 is 0 Å². The highest BCUT2D eigenvalue weighted by Gasteiger charge is 2.46. The van der Waals surface area contributed by atoms with Crippen LogP contribution in [-0.4, -0.2) is 41.8 Å². The summed E-state index contributed by atoms with van der Waals surface area (Å²) in [4.78, 5) is 25.4. The molecule has 2 rings (SSSR count). The van der Waals surface area contributed by atoms with E-state index in [1.165, 1.54) is 4.90 Å². The molecule has 124 valence electrons. The number of carbonyl (C=O) groups excluding carboxylic acids is 2. The average molecular weight is 322 g/mol. The topological polar surface area (TPSA) is 49.4 Å². The Kier molecular flexibility index (Phi) is 4.82. The van der Waals surface area contributed by atoms with Crippen molar-refractivity contribution in [3.63, 3.8) is 0 Å². The minimum absolute atomic E-state index is 0.0416. The highest BCUT2D eigenvalue weighted by molar-refractivity contribution is 5.97. The molecule has 0 aromatic heterocycles. The van der Waals surface area contributed by atoms with Gasteiger partial charge in [-0.05, 0) is 31.1 Å². The van der Waals surface area contributed by atoms with E-state index in [9.17, 15) is 18.4 Å². The summed E-state index contributed by atoms with van der Waals surface area (Å²) in [5.74, 6) is -4.00. The van der Waals surface area contributed by atoms with Gasteiger partial charge in [-0.25, -0.2) is 8.78 Å². The minimum atomic E-state index is -3.05. The van der Waals surface area contributed by atoms with Crippen molar-refractivity contribution in [3.8, 4) is 0 Å². The predicted molar refractivity (Wildman–Crippen MR) is 83.5 cm³/mol. The Morgan fingerprint density at radius 3 is 2.52 bits per heavy atom. The molecule has 1 aromatic rings. The smallest absolute Gasteiger partial charge is 0.271 e. The zero-order valence-corrected chi connectivity index (χ0v) is 13.2. The summed E-state index contributed by atoms with van der Waals surface area (Å²) in [5.41, 5.74) is 2.14. The van der Waals surface area contributed by atoms with Gasteiger partial charge < -0.3 is 10.2 Å². The molecule has 0 spiro atoms. The van der Waals surface area contributed by atoms with Crippen molar-refractivity contribution < 1.29 is 18.4 Å². The predicted octanol–water partition coefficient (Wildman–Crippen LogP) is 2.46. The Labute approximate surface area is 134 Å². The first-order chi connectivity index (χ1) is 10.8. The van der Waals surface area contributed by atoms with Crippen LogP contribution < -0.4 is 5.32 Å². The average Bonchev–Trinajstić information content (AvgIpc) is 2.48. The summed E-state index contributed by atoms with van der Waals surface area (Å²) in [5, 5.41) is 2.22. The molecule has 4 nitrogen and oxygen atoms in total. The summed E-state index contributed by atoms with van der Waals surface area (Å²) < 4.78 is 28.0. The molecule has 2 amide bonds. The minimum Gasteiger partial charge on any atom is -0.342 e. The molecule has 0 aliphatic carbocycles. The molecular weight excluding hydrogens is 302 g/mol. The molecule has 1 unspecified atom stereocenters. The highest BCUT2D eigenvalue weighted by atomic mass is 19.3. The molecule has 1 aliphatic rings. The number of hydrogen-bond acceptors (Lipinski definition) is 2. The molecule has 23 heavy (non-hydrogen) atoms. The molecule has 1 fully saturated rings. The monoisotopic (exact) mass is 322 g/mol. The number of halogens is 2. The number of piperidine rings is 1. The van der Waals surface area contributed by atoms with Gasteiger partial charge in [0, 0.05) is 25.1 Å². The number of nitrogens with one attached hydrogen (secondary N) is 1. The summed E-state index contributed by atoms with van der Waals surface area (Å²) in [6.07, 6.45) is 0.466. The van der Waals surface area contributed by atoms with Crippen molar-refractivity contribution >= 4 is 11.8 Å². The molecule has 1 N–H and O–H groups in total. The van der Waals surface area contributed by atoms with Gasteiger partial charge in [-0.15, -0.1) is 0 Å². The first kappa shape index (κ1) is 17.1. The number of benzene rings is 1. The van der Waals surface area contributed by atoms with E-state index in [1.807, 2.05) is 32.0 Å². The van der Waals surface area contributed by atoms with Crippen LogP contribution in [0.1, 0.15) is 27.9 Å². The lowest BCUT2D eigenvalue weighted by molar-refractivity contribution is -0.124. The molecule has 0 radical (unpaired) electrons. The van der Waals surface area contributed by atoms with Gasteiger partial charge in [-0.2, -0.15) is 0 Å². The van der Waals surface area contributed by atoms with Crippen LogP contribution in [0.15, 0.2) is 30.9 Å². The van der Waals surface area contributed by atoms with Crippen LogP contribution in [0.25, 0.3) is 0 Å². The first-order valence-corrected chi connectivity index (χ1v) is 7.42. The van der Waals surface area contributed by atoms with Crippen LogP contribution in [0.5, 0.6) is 0 Å². The number of aryl methyl sites for hydroxylation is 2. The third-order valence-electron chi connectivity index (χ3n) is 4.11. The summed E-state index contributed by atoms with van der Waals surface area (Å²) >= 11 is 0. The maximum atomic E-state index is 14.0. The fourth-order valence-corrected chi connectivity index (χ4v) is 2.78. The van der Waals surface area contributed by atoms with Crippen molar-refractivity contribution in [2.45, 2.75) is 32.2 Å². The molecule has 1 saturated heterocycles. The van der Waals surface area contributed by atoms with Gasteiger partial charge in [0.15, 0.2) is 0 Å². The second-order valence-corrected chi connectivity index (χ2v) is 5.79. The van der Waals surface area contributed by atoms with Gasteiger partial charge in [0.2, 0.25) is 5.91 Å². The van der Waals surface area contributed by atoms with Crippen molar-refractivity contribution in [1.29, 1.82) is 0 Å². The molecule has 1 aromatic carbocycles. The number of nitrogens with zero attached hydrogens (tertiary/aromatic N) is 1. The number of rotatable bonds is 3. The quantitative estimate of drug-likeness (QED) is 0.869. The Morgan fingerprint density at radius 1 is 1.35 bits per heavy atom. The van der Waals surface area contributed by atoms with E-state index in [0.717, 1.165) is 17.2 Å². The third-order valence-corrected chi connectivity index (χ3v) is 4.11. The lowest BCUT2D eigenvalue weighted by Crippen LogP contribution is -2.59. The van der Waals surface area contributed by atoms with E-state index in [0.29, 0.717) is 5.56 Å². The largest absolute Gasteiger partial charge is 0.342 e. The standard InChI is InChI=1S/C17H20F2N2O2/c1-4-14(22)20-13-10-21(9-8-17(13,18)19)16(23)15-11(2)6-5-7-12(15)3/h4-7,13H,1,8-10H2,2-3H3,(H,20,22). The molecule has 0 saturated carbocycles. The Bertz CT molecular complexity index is 623. The molecule has 0 bridgehead atoms. The van der Waals surface area contributed by atoms with Gasteiger partial charge in [-0.3, -0.25) is 9.59 Å². The van der Waals surface area contributed by atoms with Crippen LogP contribution in [0.2, 0.25) is 0 Å². The second kappa shape index (κ2) is 6.48. The van der Waals surface area contributed by atoms with Crippen LogP contribution in [-0.2, 0) is 4.79 Å². The number of alkyl halides is 2. The molecule has 1 atom stereocenters. The number of likely N-dealkylation sites (tertiary alicyclic amines) is 1. The maximum Gasteiger partial charge on any atom is 0.271 e. The van der Waals surface area contributed by atoms with Crippen molar-refractivity contribution in [2.75, 3.05) is 13.1 Å². The number of carbonyl (C=O) groups is 2. The maximum absolute atomic E-state index is 14.0. The van der Waals surface area contributed by atoms with Crippen LogP contribution in [0, 0.1) is 13.8 Å². The Morgan fingerprint density at radius 2 is 1.96 bits per heavy atom. The first-order valence-electron chi connectivity index (χ1n) is 7.42. The van der Waals surface area contributed by atoms with Crippen molar-refractivity contribution in [1.82, 2.24) is 10.2 Å². The Hall–Kier alpha value is -2.24. The molecular formula is C17H20F2N2O2. The van der Waals surface area contributed by atoms with Crippen LogP contribution >= 0.6 is 0 Å². The van der Waals surface area contributed by atoms with E-state index < -0.39 is 24.3 Å². The summed E-state index contributed by atoms with van der Waals surface area (Å²) in [6, 6.07) is 4.07. The third kappa shape index (κ3) is 3.57. The number of hydrogen-bond donors (Lipinski definition) is 1. The SMILES string of the molecule is C=CC(=O)NC1CN(C(=O)c2c(C)cccc2C)CCC1(F)F. The molecule has 1 aliphatic heterocycles. The van der Waals surface area contributed by atoms with E-state index in [1.54, 1.807) is 0 Å². The second-order valence-electron chi connectivity index (χ2n) is 5.79. The van der Waals surface area contributed by atoms with Gasteiger partial charge in [-0.1, -0.05) is 24.8 Å². The normalized spacial score (nSPS) is 20.0. The molecule has 1 heterocycles. The van der Waals surface area contributed by atoms with E-state index in [4.69, 9.17) is 0 Å². The van der Waals surface area contributed by atoms with Gasteiger partial charge in [0.25, 0.3) is 11.8 Å². The van der Waals surface area contributed by atoms with E-state index in [2.05, 4.69) is 11.9 Å². The van der Waals surface area contributed by atoms with E-state index >= 15 is 0 Å². The fraction of sp³-hybridized carbons (Fsp3) is 0.412. The zero-order valence-electron chi connectivity index (χ0n) is 13.2. The highest BCUT2D eigenvalue weighted by Crippen LogP contribution is 2.30. The van der Waals surface area contributed by atoms with E-state index in [-0.39, 0.29) is 19.0 Å².